The first-order valence-corrected chi connectivity index (χ1v) is 11.1. The van der Waals surface area contributed by atoms with Gasteiger partial charge in [-0.15, -0.1) is 0 Å². The molecule has 5 rings (SSSR count). The lowest BCUT2D eigenvalue weighted by atomic mass is 9.89. The summed E-state index contributed by atoms with van der Waals surface area (Å²) in [6, 6.07) is 12.7. The predicted molar refractivity (Wildman–Crippen MR) is 117 cm³/mol. The van der Waals surface area contributed by atoms with Crippen LogP contribution in [0.3, 0.4) is 0 Å². The lowest BCUT2D eigenvalue weighted by molar-refractivity contribution is -0.137. The van der Waals surface area contributed by atoms with Crippen molar-refractivity contribution >= 4 is 11.7 Å². The summed E-state index contributed by atoms with van der Waals surface area (Å²) in [4.78, 5) is 16.6. The fourth-order valence-corrected chi connectivity index (χ4v) is 5.01. The number of urea groups is 1. The minimum absolute atomic E-state index is 0.000852. The van der Waals surface area contributed by atoms with Gasteiger partial charge in [0, 0.05) is 17.8 Å². The first kappa shape index (κ1) is 22.4. The first-order chi connectivity index (χ1) is 16.3. The molecule has 9 heteroatoms. The van der Waals surface area contributed by atoms with Crippen molar-refractivity contribution in [2.24, 2.45) is 0 Å². The van der Waals surface area contributed by atoms with E-state index in [0.29, 0.717) is 17.7 Å². The van der Waals surface area contributed by atoms with Gasteiger partial charge < -0.3 is 14.7 Å². The van der Waals surface area contributed by atoms with Gasteiger partial charge in [-0.1, -0.05) is 18.2 Å². The van der Waals surface area contributed by atoms with Gasteiger partial charge in [-0.05, 0) is 55.2 Å². The second-order valence-electron chi connectivity index (χ2n) is 8.61. The number of fused-ring (bicyclic) bond motifs is 2. The second kappa shape index (κ2) is 8.46. The topological polar surface area (TPSA) is 80.1 Å². The Morgan fingerprint density at radius 1 is 1.18 bits per heavy atom. The largest absolute Gasteiger partial charge is 0.416 e. The van der Waals surface area contributed by atoms with Crippen LogP contribution in [0.4, 0.5) is 23.7 Å². The van der Waals surface area contributed by atoms with Gasteiger partial charge >= 0.3 is 12.2 Å². The summed E-state index contributed by atoms with van der Waals surface area (Å²) in [5.74, 6) is 0. The number of benzene rings is 2. The predicted octanol–water partition coefficient (Wildman–Crippen LogP) is 4.76. The van der Waals surface area contributed by atoms with E-state index in [2.05, 4.69) is 6.07 Å². The molecule has 1 aliphatic carbocycles. The molecule has 1 fully saturated rings. The minimum atomic E-state index is -4.55. The molecule has 2 heterocycles. The van der Waals surface area contributed by atoms with Crippen LogP contribution < -0.4 is 4.90 Å². The Labute approximate surface area is 194 Å². The molecule has 2 aliphatic heterocycles. The third-order valence-electron chi connectivity index (χ3n) is 6.57. The summed E-state index contributed by atoms with van der Waals surface area (Å²) in [5, 5.41) is 18.9. The Morgan fingerprint density at radius 3 is 2.62 bits per heavy atom. The number of aliphatic hydroxyl groups excluding tert-OH is 1. The van der Waals surface area contributed by atoms with Crippen molar-refractivity contribution in [2.75, 3.05) is 18.1 Å². The summed E-state index contributed by atoms with van der Waals surface area (Å²) in [5.41, 5.74) is 2.01. The zero-order valence-corrected chi connectivity index (χ0v) is 18.1. The van der Waals surface area contributed by atoms with E-state index in [1.54, 1.807) is 24.3 Å². The number of halogens is 3. The van der Waals surface area contributed by atoms with Gasteiger partial charge in [-0.25, -0.2) is 4.79 Å². The molecule has 0 saturated carbocycles. The summed E-state index contributed by atoms with van der Waals surface area (Å²) >= 11 is 0. The van der Waals surface area contributed by atoms with Crippen molar-refractivity contribution in [3.8, 4) is 6.07 Å². The van der Waals surface area contributed by atoms with Gasteiger partial charge in [0.1, 0.15) is 6.10 Å². The third kappa shape index (κ3) is 3.83. The molecule has 6 nitrogen and oxygen atoms in total. The van der Waals surface area contributed by atoms with Crippen LogP contribution in [-0.4, -0.2) is 41.4 Å². The van der Waals surface area contributed by atoms with Crippen LogP contribution in [0.2, 0.25) is 0 Å². The van der Waals surface area contributed by atoms with E-state index < -0.39 is 23.8 Å². The van der Waals surface area contributed by atoms with Gasteiger partial charge in [0.15, 0.2) is 0 Å². The van der Waals surface area contributed by atoms with E-state index in [4.69, 9.17) is 10.00 Å². The van der Waals surface area contributed by atoms with Crippen LogP contribution >= 0.6 is 0 Å². The van der Waals surface area contributed by atoms with Crippen LogP contribution in [0.15, 0.2) is 59.8 Å². The third-order valence-corrected chi connectivity index (χ3v) is 6.57. The van der Waals surface area contributed by atoms with Gasteiger partial charge in [-0.3, -0.25) is 4.90 Å². The van der Waals surface area contributed by atoms with E-state index in [1.807, 2.05) is 0 Å². The van der Waals surface area contributed by atoms with Crippen molar-refractivity contribution < 1.29 is 27.8 Å². The summed E-state index contributed by atoms with van der Waals surface area (Å²) in [6.07, 6.45) is -2.74. The van der Waals surface area contributed by atoms with Crippen LogP contribution in [0, 0.1) is 11.3 Å². The number of carbonyl (C=O) groups excluding carboxylic acids is 1. The number of anilines is 1. The Hall–Kier alpha value is -3.35. The number of β-amino-alcohol motifs (C(OH)–C–C–N with tert-alkyl or cyclic N) is 1. The number of aliphatic hydroxyl groups is 1. The van der Waals surface area contributed by atoms with Crippen molar-refractivity contribution in [1.29, 1.82) is 5.26 Å². The summed E-state index contributed by atoms with van der Waals surface area (Å²) in [6.45, 7) is -0.320. The summed E-state index contributed by atoms with van der Waals surface area (Å²) in [7, 11) is 0. The molecule has 0 spiro atoms. The first-order valence-electron chi connectivity index (χ1n) is 11.1. The molecular formula is C25H22F3N3O3. The Kier molecular flexibility index (Phi) is 5.58. The quantitative estimate of drug-likeness (QED) is 0.655. The maximum Gasteiger partial charge on any atom is 0.416 e. The van der Waals surface area contributed by atoms with Crippen molar-refractivity contribution in [2.45, 2.75) is 43.7 Å². The van der Waals surface area contributed by atoms with Crippen LogP contribution in [0.1, 0.15) is 42.0 Å². The number of ether oxygens (including phenoxy) is 1. The number of carbonyl (C=O) groups is 1. The SMILES string of the molecule is N#Cc1ccc(C2C3=C(CCCC4OC34)N(c3cccc(C(F)(F)F)c3)C(=O)N2CCO)cc1. The van der Waals surface area contributed by atoms with E-state index in [1.165, 1.54) is 21.9 Å². The van der Waals surface area contributed by atoms with E-state index in [0.717, 1.165) is 36.1 Å². The van der Waals surface area contributed by atoms with E-state index >= 15 is 0 Å². The lowest BCUT2D eigenvalue weighted by Crippen LogP contribution is -2.51. The molecule has 0 aromatic heterocycles. The molecule has 2 amide bonds. The Morgan fingerprint density at radius 2 is 1.94 bits per heavy atom. The maximum atomic E-state index is 13.8. The standard InChI is InChI=1S/C25H22F3N3O3/c26-25(27,28)17-3-1-4-18(13-17)31-19-5-2-6-20-23(34-20)21(19)22(30(11-12-32)24(31)33)16-9-7-15(14-29)8-10-16/h1,3-4,7-10,13,20,22-23,32H,2,5-6,11-12H2. The molecule has 1 N–H and O–H groups in total. The van der Waals surface area contributed by atoms with Gasteiger partial charge in [0.05, 0.1) is 41.6 Å². The number of amides is 2. The number of epoxide rings is 1. The van der Waals surface area contributed by atoms with Gasteiger partial charge in [0.2, 0.25) is 0 Å². The molecule has 3 aliphatic rings. The molecule has 3 atom stereocenters. The van der Waals surface area contributed by atoms with Crippen molar-refractivity contribution in [3.05, 3.63) is 76.5 Å². The van der Waals surface area contributed by atoms with E-state index in [-0.39, 0.29) is 31.0 Å². The van der Waals surface area contributed by atoms with E-state index in [9.17, 15) is 23.1 Å². The van der Waals surface area contributed by atoms with Crippen molar-refractivity contribution in [3.63, 3.8) is 0 Å². The molecule has 2 aromatic rings. The number of nitrogens with zero attached hydrogens (tertiary/aromatic N) is 3. The molecule has 1 saturated heterocycles. The molecular weight excluding hydrogens is 447 g/mol. The lowest BCUT2D eigenvalue weighted by Gasteiger charge is -2.44. The molecule has 34 heavy (non-hydrogen) atoms. The Balaban J connectivity index is 1.69. The fraction of sp³-hybridized carbons (Fsp3) is 0.360. The second-order valence-corrected chi connectivity index (χ2v) is 8.61. The Bertz CT molecular complexity index is 1190. The fourth-order valence-electron chi connectivity index (χ4n) is 5.01. The number of alkyl halides is 3. The normalized spacial score (nSPS) is 24.3. The number of allylic oxidation sites excluding steroid dienone is 1. The molecule has 0 bridgehead atoms. The zero-order valence-electron chi connectivity index (χ0n) is 18.1. The number of rotatable bonds is 4. The molecule has 176 valence electrons. The average molecular weight is 469 g/mol. The highest BCUT2D eigenvalue weighted by atomic mass is 19.4. The van der Waals surface area contributed by atoms with Crippen LogP contribution in [0.25, 0.3) is 0 Å². The highest BCUT2D eigenvalue weighted by molar-refractivity contribution is 5.97. The molecule has 2 aromatic carbocycles. The molecule has 3 unspecified atom stereocenters. The summed E-state index contributed by atoms with van der Waals surface area (Å²) < 4.78 is 46.2. The highest BCUT2D eigenvalue weighted by Gasteiger charge is 2.52. The monoisotopic (exact) mass is 469 g/mol. The van der Waals surface area contributed by atoms with Crippen molar-refractivity contribution in [1.82, 2.24) is 4.90 Å². The number of hydrogen-bond donors (Lipinski definition) is 1. The highest BCUT2D eigenvalue weighted by Crippen LogP contribution is 2.50. The maximum absolute atomic E-state index is 13.8. The zero-order chi connectivity index (χ0) is 24.0. The molecule has 0 radical (unpaired) electrons. The minimum Gasteiger partial charge on any atom is -0.395 e. The number of hydrogen-bond acceptors (Lipinski definition) is 4. The van der Waals surface area contributed by atoms with Gasteiger partial charge in [0.25, 0.3) is 0 Å². The number of nitriles is 1. The average Bonchev–Trinajstić information content (AvgIpc) is 3.60. The van der Waals surface area contributed by atoms with Crippen LogP contribution in [0.5, 0.6) is 0 Å². The van der Waals surface area contributed by atoms with Crippen LogP contribution in [-0.2, 0) is 10.9 Å². The smallest absolute Gasteiger partial charge is 0.395 e. The van der Waals surface area contributed by atoms with Gasteiger partial charge in [-0.2, -0.15) is 18.4 Å².